The summed E-state index contributed by atoms with van der Waals surface area (Å²) in [6.45, 7) is 6.86. The van der Waals surface area contributed by atoms with Gasteiger partial charge in [0.25, 0.3) is 0 Å². The molecular weight excluding hydrogens is 493 g/mol. The molecule has 0 aromatic rings. The van der Waals surface area contributed by atoms with Crippen LogP contribution in [0.15, 0.2) is 4.99 Å². The molecule has 0 aromatic carbocycles. The molecule has 0 aliphatic heterocycles. The van der Waals surface area contributed by atoms with E-state index in [9.17, 15) is 8.42 Å². The molecule has 0 radical (unpaired) electrons. The smallest absolute Gasteiger partial charge is 0.191 e. The van der Waals surface area contributed by atoms with E-state index in [1.807, 2.05) is 0 Å². The monoisotopic (exact) mass is 531 g/mol. The fourth-order valence-electron chi connectivity index (χ4n) is 4.29. The molecule has 2 atom stereocenters. The van der Waals surface area contributed by atoms with Crippen LogP contribution >= 0.6 is 24.0 Å². The van der Waals surface area contributed by atoms with E-state index >= 15 is 0 Å². The van der Waals surface area contributed by atoms with Gasteiger partial charge < -0.3 is 20.1 Å². The molecule has 0 bridgehead atoms. The standard InChI is InChI=1S/C19H37N3O4S.HI/c1-4-20-18(21-11-12-25-13-14-27(3,23)24)22-16-15-17(26-5-2)19(16)9-7-6-8-10-19;/h16-17H,4-15H2,1-3H3,(H2,20,21,22);1H. The number of nitrogens with zero attached hydrogens (tertiary/aromatic N) is 1. The van der Waals surface area contributed by atoms with E-state index < -0.39 is 9.84 Å². The summed E-state index contributed by atoms with van der Waals surface area (Å²) in [7, 11) is -2.97. The van der Waals surface area contributed by atoms with Crippen LogP contribution in [0.2, 0.25) is 0 Å². The maximum absolute atomic E-state index is 11.1. The maximum Gasteiger partial charge on any atom is 0.191 e. The minimum Gasteiger partial charge on any atom is -0.378 e. The van der Waals surface area contributed by atoms with Crippen molar-refractivity contribution < 1.29 is 17.9 Å². The summed E-state index contributed by atoms with van der Waals surface area (Å²) in [5.41, 5.74) is 0.246. The van der Waals surface area contributed by atoms with E-state index in [4.69, 9.17) is 9.47 Å². The summed E-state index contributed by atoms with van der Waals surface area (Å²) in [5.74, 6) is 0.868. The summed E-state index contributed by atoms with van der Waals surface area (Å²) >= 11 is 0. The second-order valence-corrected chi connectivity index (χ2v) is 9.93. The molecule has 7 nitrogen and oxygen atoms in total. The molecule has 2 aliphatic rings. The van der Waals surface area contributed by atoms with Crippen molar-refractivity contribution in [2.24, 2.45) is 10.4 Å². The van der Waals surface area contributed by atoms with Gasteiger partial charge in [-0.15, -0.1) is 24.0 Å². The van der Waals surface area contributed by atoms with Gasteiger partial charge in [0.15, 0.2) is 5.96 Å². The van der Waals surface area contributed by atoms with Crippen molar-refractivity contribution in [1.29, 1.82) is 0 Å². The van der Waals surface area contributed by atoms with Crippen LogP contribution < -0.4 is 10.6 Å². The largest absolute Gasteiger partial charge is 0.378 e. The van der Waals surface area contributed by atoms with Gasteiger partial charge in [0, 0.05) is 30.9 Å². The third-order valence-electron chi connectivity index (χ3n) is 5.70. The van der Waals surface area contributed by atoms with Crippen molar-refractivity contribution in [3.63, 3.8) is 0 Å². The van der Waals surface area contributed by atoms with E-state index in [1.54, 1.807) is 0 Å². The lowest BCUT2D eigenvalue weighted by atomic mass is 9.55. The zero-order chi connectivity index (χ0) is 19.8. The van der Waals surface area contributed by atoms with Crippen molar-refractivity contribution in [3.8, 4) is 0 Å². The molecule has 2 fully saturated rings. The van der Waals surface area contributed by atoms with Crippen LogP contribution in [0, 0.1) is 5.41 Å². The summed E-state index contributed by atoms with van der Waals surface area (Å²) in [6.07, 6.45) is 8.95. The van der Waals surface area contributed by atoms with Crippen LogP contribution in [-0.2, 0) is 19.3 Å². The third kappa shape index (κ3) is 7.60. The number of sulfone groups is 1. The molecule has 0 saturated heterocycles. The van der Waals surface area contributed by atoms with Crippen LogP contribution in [0.1, 0.15) is 52.4 Å². The quantitative estimate of drug-likeness (QED) is 0.195. The number of hydrogen-bond donors (Lipinski definition) is 2. The zero-order valence-electron chi connectivity index (χ0n) is 17.5. The van der Waals surface area contributed by atoms with E-state index in [0.29, 0.717) is 25.3 Å². The highest BCUT2D eigenvalue weighted by molar-refractivity contribution is 14.0. The number of ether oxygens (including phenoxy) is 2. The van der Waals surface area contributed by atoms with Gasteiger partial charge in [-0.1, -0.05) is 19.3 Å². The lowest BCUT2D eigenvalue weighted by Crippen LogP contribution is -2.66. The Hall–Kier alpha value is -0.130. The first-order valence-electron chi connectivity index (χ1n) is 10.3. The second kappa shape index (κ2) is 12.5. The van der Waals surface area contributed by atoms with E-state index in [0.717, 1.165) is 25.5 Å². The summed E-state index contributed by atoms with van der Waals surface area (Å²) in [5, 5.41) is 6.94. The van der Waals surface area contributed by atoms with Gasteiger partial charge in [0.1, 0.15) is 9.84 Å². The van der Waals surface area contributed by atoms with E-state index in [1.165, 1.54) is 38.4 Å². The Labute approximate surface area is 187 Å². The van der Waals surface area contributed by atoms with Gasteiger partial charge in [-0.2, -0.15) is 0 Å². The average molecular weight is 532 g/mol. The fourth-order valence-corrected chi connectivity index (χ4v) is 4.71. The van der Waals surface area contributed by atoms with Crippen LogP contribution in [0.5, 0.6) is 0 Å². The summed E-state index contributed by atoms with van der Waals surface area (Å²) < 4.78 is 33.6. The third-order valence-corrected chi connectivity index (χ3v) is 6.60. The Morgan fingerprint density at radius 3 is 2.50 bits per heavy atom. The van der Waals surface area contributed by atoms with Crippen molar-refractivity contribution in [3.05, 3.63) is 0 Å². The minimum atomic E-state index is -2.97. The molecule has 0 aromatic heterocycles. The Balaban J connectivity index is 0.00000392. The fraction of sp³-hybridized carbons (Fsp3) is 0.947. The predicted molar refractivity (Wildman–Crippen MR) is 124 cm³/mol. The van der Waals surface area contributed by atoms with E-state index in [2.05, 4.69) is 29.5 Å². The molecule has 2 aliphatic carbocycles. The molecule has 2 unspecified atom stereocenters. The Bertz CT molecular complexity index is 580. The number of hydrogen-bond acceptors (Lipinski definition) is 5. The Morgan fingerprint density at radius 2 is 1.89 bits per heavy atom. The van der Waals surface area contributed by atoms with Crippen LogP contribution in [0.25, 0.3) is 0 Å². The van der Waals surface area contributed by atoms with Gasteiger partial charge >= 0.3 is 0 Å². The van der Waals surface area contributed by atoms with Gasteiger partial charge in [0.05, 0.1) is 31.6 Å². The van der Waals surface area contributed by atoms with Gasteiger partial charge in [0.2, 0.25) is 0 Å². The van der Waals surface area contributed by atoms with Gasteiger partial charge in [-0.25, -0.2) is 8.42 Å². The number of rotatable bonds is 10. The number of aliphatic imine (C=N–C) groups is 1. The lowest BCUT2D eigenvalue weighted by Gasteiger charge is -2.58. The molecule has 9 heteroatoms. The molecule has 2 rings (SSSR count). The molecule has 2 saturated carbocycles. The number of guanidine groups is 1. The first-order valence-corrected chi connectivity index (χ1v) is 12.4. The molecule has 0 heterocycles. The SMILES string of the molecule is CCNC(=NCCOCCS(C)(=O)=O)NC1CC(OCC)C12CCCCC2.I. The Kier molecular flexibility index (Phi) is 11.6. The number of nitrogens with one attached hydrogen (secondary N) is 2. The van der Waals surface area contributed by atoms with Crippen LogP contribution in [-0.4, -0.2) is 71.4 Å². The van der Waals surface area contributed by atoms with Gasteiger partial charge in [-0.05, 0) is 33.1 Å². The molecule has 0 amide bonds. The molecule has 166 valence electrons. The second-order valence-electron chi connectivity index (χ2n) is 7.67. The molecule has 1 spiro atoms. The highest BCUT2D eigenvalue weighted by atomic mass is 127. The molecular formula is C19H38IN3O4S. The number of halogens is 1. The summed E-state index contributed by atoms with van der Waals surface area (Å²) in [4.78, 5) is 4.60. The molecule has 2 N–H and O–H groups in total. The van der Waals surface area contributed by atoms with Crippen LogP contribution in [0.4, 0.5) is 0 Å². The highest BCUT2D eigenvalue weighted by Crippen LogP contribution is 2.53. The van der Waals surface area contributed by atoms with E-state index in [-0.39, 0.29) is 41.8 Å². The topological polar surface area (TPSA) is 89.0 Å². The predicted octanol–water partition coefficient (Wildman–Crippen LogP) is 2.35. The first kappa shape index (κ1) is 25.9. The zero-order valence-corrected chi connectivity index (χ0v) is 20.7. The lowest BCUT2D eigenvalue weighted by molar-refractivity contribution is -0.145. The van der Waals surface area contributed by atoms with Crippen molar-refractivity contribution in [1.82, 2.24) is 10.6 Å². The highest BCUT2D eigenvalue weighted by Gasteiger charge is 2.55. The van der Waals surface area contributed by atoms with Crippen LogP contribution in [0.3, 0.4) is 0 Å². The average Bonchev–Trinajstić information content (AvgIpc) is 2.63. The Morgan fingerprint density at radius 1 is 1.18 bits per heavy atom. The molecule has 28 heavy (non-hydrogen) atoms. The minimum absolute atomic E-state index is 0. The summed E-state index contributed by atoms with van der Waals surface area (Å²) in [6, 6.07) is 0.401. The van der Waals surface area contributed by atoms with Gasteiger partial charge in [-0.3, -0.25) is 4.99 Å². The first-order chi connectivity index (χ1) is 12.9. The van der Waals surface area contributed by atoms with Crippen molar-refractivity contribution in [2.75, 3.05) is 44.9 Å². The van der Waals surface area contributed by atoms with Crippen molar-refractivity contribution in [2.45, 2.75) is 64.5 Å². The maximum atomic E-state index is 11.1. The normalized spacial score (nSPS) is 24.3. The van der Waals surface area contributed by atoms with Crippen molar-refractivity contribution >= 4 is 39.8 Å².